The molecule has 0 aliphatic carbocycles. The summed E-state index contributed by atoms with van der Waals surface area (Å²) in [4.78, 5) is 18.2. The number of rotatable bonds is 7. The number of amides is 1. The van der Waals surface area contributed by atoms with E-state index >= 15 is 0 Å². The van der Waals surface area contributed by atoms with Crippen LogP contribution in [0.2, 0.25) is 5.02 Å². The second kappa shape index (κ2) is 10.0. The standard InChI is InChI=1S/C23H24ClN3O3S2/c24-19-3-1-4-20(17-19)26-12-14-27(15-13-26)23(28)18-6-8-22(9-7-18)32(29,30)25-11-10-21-5-2-16-31-21/h1-9,16-17,25H,10-15H2. The lowest BCUT2D eigenvalue weighted by molar-refractivity contribution is 0.0746. The highest BCUT2D eigenvalue weighted by atomic mass is 35.5. The van der Waals surface area contributed by atoms with Crippen molar-refractivity contribution < 1.29 is 13.2 Å². The van der Waals surface area contributed by atoms with Gasteiger partial charge in [-0.1, -0.05) is 23.7 Å². The Hall–Kier alpha value is -2.39. The smallest absolute Gasteiger partial charge is 0.253 e. The van der Waals surface area contributed by atoms with Gasteiger partial charge in [0.1, 0.15) is 0 Å². The lowest BCUT2D eigenvalue weighted by Gasteiger charge is -2.36. The third-order valence-electron chi connectivity index (χ3n) is 5.40. The molecule has 0 saturated carbocycles. The molecule has 2 aromatic carbocycles. The van der Waals surface area contributed by atoms with Crippen LogP contribution in [-0.4, -0.2) is 51.9 Å². The number of benzene rings is 2. The van der Waals surface area contributed by atoms with E-state index in [1.807, 2.05) is 41.8 Å². The van der Waals surface area contributed by atoms with Crippen LogP contribution in [0, 0.1) is 0 Å². The van der Waals surface area contributed by atoms with Gasteiger partial charge in [-0.15, -0.1) is 11.3 Å². The van der Waals surface area contributed by atoms with Gasteiger partial charge in [0.2, 0.25) is 10.0 Å². The van der Waals surface area contributed by atoms with Crippen molar-refractivity contribution in [3.05, 3.63) is 81.5 Å². The van der Waals surface area contributed by atoms with Crippen molar-refractivity contribution in [1.29, 1.82) is 0 Å². The first-order valence-corrected chi connectivity index (χ1v) is 13.1. The van der Waals surface area contributed by atoms with Gasteiger partial charge in [-0.05, 0) is 60.3 Å². The van der Waals surface area contributed by atoms with E-state index in [2.05, 4.69) is 9.62 Å². The number of piperazine rings is 1. The number of hydrogen-bond acceptors (Lipinski definition) is 5. The predicted octanol–water partition coefficient (Wildman–Crippen LogP) is 3.88. The average Bonchev–Trinajstić information content (AvgIpc) is 3.32. The molecular weight excluding hydrogens is 466 g/mol. The Bertz CT molecular complexity index is 1160. The maximum absolute atomic E-state index is 12.9. The van der Waals surface area contributed by atoms with E-state index in [4.69, 9.17) is 11.6 Å². The number of halogens is 1. The molecule has 0 bridgehead atoms. The van der Waals surface area contributed by atoms with Crippen LogP contribution in [0.25, 0.3) is 0 Å². The zero-order valence-corrected chi connectivity index (χ0v) is 19.8. The monoisotopic (exact) mass is 489 g/mol. The van der Waals surface area contributed by atoms with Crippen LogP contribution in [0.3, 0.4) is 0 Å². The minimum atomic E-state index is -3.61. The highest BCUT2D eigenvalue weighted by Gasteiger charge is 2.23. The number of nitrogens with zero attached hydrogens (tertiary/aromatic N) is 2. The summed E-state index contributed by atoms with van der Waals surface area (Å²) < 4.78 is 27.7. The van der Waals surface area contributed by atoms with Crippen molar-refractivity contribution >= 4 is 44.6 Å². The van der Waals surface area contributed by atoms with Crippen molar-refractivity contribution in [2.45, 2.75) is 11.3 Å². The highest BCUT2D eigenvalue weighted by molar-refractivity contribution is 7.89. The summed E-state index contributed by atoms with van der Waals surface area (Å²) in [6.07, 6.45) is 0.647. The lowest BCUT2D eigenvalue weighted by Crippen LogP contribution is -2.48. The molecule has 1 aliphatic heterocycles. The molecule has 1 amide bonds. The van der Waals surface area contributed by atoms with Crippen LogP contribution in [0.5, 0.6) is 0 Å². The molecule has 9 heteroatoms. The molecule has 32 heavy (non-hydrogen) atoms. The van der Waals surface area contributed by atoms with E-state index in [-0.39, 0.29) is 10.8 Å². The van der Waals surface area contributed by atoms with Crippen molar-refractivity contribution in [3.63, 3.8) is 0 Å². The van der Waals surface area contributed by atoms with Crippen molar-refractivity contribution in [2.75, 3.05) is 37.6 Å². The van der Waals surface area contributed by atoms with Gasteiger partial charge >= 0.3 is 0 Å². The van der Waals surface area contributed by atoms with Gasteiger partial charge in [0.05, 0.1) is 4.90 Å². The maximum Gasteiger partial charge on any atom is 0.253 e. The zero-order chi connectivity index (χ0) is 22.6. The molecule has 1 aliphatic rings. The zero-order valence-electron chi connectivity index (χ0n) is 17.4. The summed E-state index contributed by atoms with van der Waals surface area (Å²) in [5.41, 5.74) is 1.53. The third kappa shape index (κ3) is 5.50. The number of thiophene rings is 1. The Kier molecular flexibility index (Phi) is 7.15. The molecule has 1 aromatic heterocycles. The van der Waals surface area contributed by atoms with Crippen LogP contribution in [0.4, 0.5) is 5.69 Å². The number of anilines is 1. The maximum atomic E-state index is 12.9. The van der Waals surface area contributed by atoms with E-state index < -0.39 is 10.0 Å². The van der Waals surface area contributed by atoms with Gasteiger partial charge in [-0.3, -0.25) is 4.79 Å². The SMILES string of the molecule is O=C(c1ccc(S(=O)(=O)NCCc2cccs2)cc1)N1CCN(c2cccc(Cl)c2)CC1. The van der Waals surface area contributed by atoms with Crippen LogP contribution < -0.4 is 9.62 Å². The number of carbonyl (C=O) groups is 1. The molecule has 2 heterocycles. The van der Waals surface area contributed by atoms with Crippen LogP contribution in [-0.2, 0) is 16.4 Å². The first-order valence-electron chi connectivity index (χ1n) is 10.3. The normalized spacial score (nSPS) is 14.5. The van der Waals surface area contributed by atoms with Crippen LogP contribution >= 0.6 is 22.9 Å². The van der Waals surface area contributed by atoms with Gasteiger partial charge < -0.3 is 9.80 Å². The van der Waals surface area contributed by atoms with Gasteiger partial charge in [0, 0.05) is 53.9 Å². The molecule has 1 N–H and O–H groups in total. The van der Waals surface area contributed by atoms with Gasteiger partial charge in [0.25, 0.3) is 5.91 Å². The van der Waals surface area contributed by atoms with Crippen LogP contribution in [0.15, 0.2) is 70.9 Å². The molecule has 1 saturated heterocycles. The second-order valence-electron chi connectivity index (χ2n) is 7.51. The van der Waals surface area contributed by atoms with E-state index in [0.29, 0.717) is 49.7 Å². The average molecular weight is 490 g/mol. The Labute approximate surface area is 197 Å². The van der Waals surface area contributed by atoms with E-state index in [0.717, 1.165) is 10.6 Å². The quantitative estimate of drug-likeness (QED) is 0.546. The summed E-state index contributed by atoms with van der Waals surface area (Å²) in [7, 11) is -3.61. The van der Waals surface area contributed by atoms with Crippen molar-refractivity contribution in [1.82, 2.24) is 9.62 Å². The van der Waals surface area contributed by atoms with E-state index in [1.165, 1.54) is 12.1 Å². The molecule has 168 valence electrons. The molecule has 4 rings (SSSR count). The lowest BCUT2D eigenvalue weighted by atomic mass is 10.1. The number of nitrogens with one attached hydrogen (secondary N) is 1. The largest absolute Gasteiger partial charge is 0.368 e. The van der Waals surface area contributed by atoms with Crippen LogP contribution in [0.1, 0.15) is 15.2 Å². The van der Waals surface area contributed by atoms with E-state index in [1.54, 1.807) is 28.4 Å². The van der Waals surface area contributed by atoms with Gasteiger partial charge in [0.15, 0.2) is 0 Å². The predicted molar refractivity (Wildman–Crippen MR) is 129 cm³/mol. The third-order valence-corrected chi connectivity index (χ3v) is 8.04. The summed E-state index contributed by atoms with van der Waals surface area (Å²) in [6, 6.07) is 17.8. The number of carbonyl (C=O) groups excluding carboxylic acids is 1. The molecule has 1 fully saturated rings. The Balaban J connectivity index is 1.33. The van der Waals surface area contributed by atoms with E-state index in [9.17, 15) is 13.2 Å². The van der Waals surface area contributed by atoms with Crippen molar-refractivity contribution in [3.8, 4) is 0 Å². The Morgan fingerprint density at radius 3 is 2.41 bits per heavy atom. The van der Waals surface area contributed by atoms with Gasteiger partial charge in [-0.25, -0.2) is 13.1 Å². The molecule has 3 aromatic rings. The first kappa shape index (κ1) is 22.8. The van der Waals surface area contributed by atoms with Gasteiger partial charge in [-0.2, -0.15) is 0 Å². The molecule has 0 radical (unpaired) electrons. The first-order chi connectivity index (χ1) is 15.4. The van der Waals surface area contributed by atoms with Crippen molar-refractivity contribution in [2.24, 2.45) is 0 Å². The minimum absolute atomic E-state index is 0.0923. The topological polar surface area (TPSA) is 69.7 Å². The minimum Gasteiger partial charge on any atom is -0.368 e. The molecule has 0 unspecified atom stereocenters. The summed E-state index contributed by atoms with van der Waals surface area (Å²) >= 11 is 7.68. The Morgan fingerprint density at radius 1 is 1.00 bits per heavy atom. The summed E-state index contributed by atoms with van der Waals surface area (Å²) in [5, 5.41) is 2.66. The number of sulfonamides is 1. The molecule has 6 nitrogen and oxygen atoms in total. The second-order valence-corrected chi connectivity index (χ2v) is 10.7. The molecule has 0 atom stereocenters. The molecule has 0 spiro atoms. The Morgan fingerprint density at radius 2 is 1.75 bits per heavy atom. The molecular formula is C23H24ClN3O3S2. The summed E-state index contributed by atoms with van der Waals surface area (Å²) in [6.45, 7) is 2.95. The number of hydrogen-bond donors (Lipinski definition) is 1. The fourth-order valence-corrected chi connectivity index (χ4v) is 5.57. The summed E-state index contributed by atoms with van der Waals surface area (Å²) in [5.74, 6) is -0.0923. The fraction of sp³-hybridized carbons (Fsp3) is 0.261. The highest BCUT2D eigenvalue weighted by Crippen LogP contribution is 2.21. The fourth-order valence-electron chi connectivity index (χ4n) is 3.65.